The second-order valence-electron chi connectivity index (χ2n) is 10.8. The summed E-state index contributed by atoms with van der Waals surface area (Å²) >= 11 is 0. The molecule has 1 aromatic carbocycles. The average molecular weight is 508 g/mol. The Morgan fingerprint density at radius 3 is 1.84 bits per heavy atom. The summed E-state index contributed by atoms with van der Waals surface area (Å²) in [6, 6.07) is 13.1. The van der Waals surface area contributed by atoms with E-state index in [4.69, 9.17) is 4.74 Å². The van der Waals surface area contributed by atoms with Crippen LogP contribution in [0, 0.1) is 0 Å². The van der Waals surface area contributed by atoms with E-state index in [-0.39, 0.29) is 17.7 Å². The summed E-state index contributed by atoms with van der Waals surface area (Å²) in [5.74, 6) is -0.385. The molecule has 0 bridgehead atoms. The quantitative estimate of drug-likeness (QED) is 0.102. The molecule has 0 saturated carbocycles. The van der Waals surface area contributed by atoms with E-state index in [1.165, 1.54) is 89.9 Å². The fourth-order valence-corrected chi connectivity index (χ4v) is 5.54. The average Bonchev–Trinajstić information content (AvgIpc) is 3.53. The van der Waals surface area contributed by atoms with E-state index < -0.39 is 0 Å². The van der Waals surface area contributed by atoms with Gasteiger partial charge in [-0.3, -0.25) is 9.59 Å². The van der Waals surface area contributed by atoms with Crippen LogP contribution < -0.4 is 0 Å². The van der Waals surface area contributed by atoms with Crippen LogP contribution >= 0.6 is 0 Å². The van der Waals surface area contributed by atoms with Gasteiger partial charge in [0.25, 0.3) is 0 Å². The summed E-state index contributed by atoms with van der Waals surface area (Å²) in [4.78, 5) is 25.5. The summed E-state index contributed by atoms with van der Waals surface area (Å²) in [6.45, 7) is 3.47. The van der Waals surface area contributed by atoms with E-state index in [0.717, 1.165) is 18.5 Å². The number of aromatic nitrogens is 1. The lowest BCUT2D eigenvalue weighted by Gasteiger charge is -2.10. The van der Waals surface area contributed by atoms with Crippen molar-refractivity contribution in [3.05, 3.63) is 59.4 Å². The molecule has 0 aliphatic carbocycles. The van der Waals surface area contributed by atoms with Gasteiger partial charge < -0.3 is 9.30 Å². The first kappa shape index (κ1) is 29.2. The van der Waals surface area contributed by atoms with Crippen LogP contribution in [0.2, 0.25) is 0 Å². The van der Waals surface area contributed by atoms with Crippen molar-refractivity contribution in [2.75, 3.05) is 6.61 Å². The van der Waals surface area contributed by atoms with Gasteiger partial charge in [-0.15, -0.1) is 0 Å². The summed E-state index contributed by atoms with van der Waals surface area (Å²) in [6.07, 6.45) is 22.1. The first-order valence-electron chi connectivity index (χ1n) is 15.2. The lowest BCUT2D eigenvalue weighted by Crippen LogP contribution is -2.14. The maximum Gasteiger partial charge on any atom is 0.315 e. The monoisotopic (exact) mass is 507 g/mol. The van der Waals surface area contributed by atoms with Gasteiger partial charge in [-0.2, -0.15) is 0 Å². The fraction of sp³-hybridized carbons (Fsp3) is 0.636. The fourth-order valence-electron chi connectivity index (χ4n) is 5.54. The van der Waals surface area contributed by atoms with Crippen molar-refractivity contribution in [3.8, 4) is 0 Å². The van der Waals surface area contributed by atoms with Crippen LogP contribution in [0.25, 0.3) is 0 Å². The van der Waals surface area contributed by atoms with Crippen molar-refractivity contribution < 1.29 is 14.3 Å². The second-order valence-corrected chi connectivity index (χ2v) is 10.8. The van der Waals surface area contributed by atoms with Crippen molar-refractivity contribution in [1.29, 1.82) is 0 Å². The SMILES string of the molecule is CCCCCCCCCCCCCCCCCCOC(=O)[C@@H]1CCn2c(C(=O)c3ccccc3)ccc21. The number of ether oxygens (including phenoxy) is 1. The molecular formula is C33H49NO3. The lowest BCUT2D eigenvalue weighted by atomic mass is 10.0. The molecule has 0 unspecified atom stereocenters. The predicted molar refractivity (Wildman–Crippen MR) is 152 cm³/mol. The number of hydrogen-bond donors (Lipinski definition) is 0. The number of nitrogens with zero attached hydrogens (tertiary/aromatic N) is 1. The normalized spacial score (nSPS) is 14.6. The highest BCUT2D eigenvalue weighted by molar-refractivity contribution is 6.08. The number of esters is 1. The molecule has 0 radical (unpaired) electrons. The minimum atomic E-state index is -0.251. The third kappa shape index (κ3) is 9.79. The van der Waals surface area contributed by atoms with Crippen LogP contribution in [0.1, 0.15) is 144 Å². The molecule has 2 aromatic rings. The summed E-state index contributed by atoms with van der Waals surface area (Å²) in [7, 11) is 0. The van der Waals surface area contributed by atoms with Crippen LogP contribution in [0.3, 0.4) is 0 Å². The molecule has 1 aromatic heterocycles. The van der Waals surface area contributed by atoms with Gasteiger partial charge in [0, 0.05) is 17.8 Å². The van der Waals surface area contributed by atoms with E-state index in [2.05, 4.69) is 6.92 Å². The molecule has 3 rings (SSSR count). The van der Waals surface area contributed by atoms with Crippen molar-refractivity contribution in [1.82, 2.24) is 4.57 Å². The van der Waals surface area contributed by atoms with Gasteiger partial charge in [-0.25, -0.2) is 0 Å². The zero-order chi connectivity index (χ0) is 26.1. The number of carbonyl (C=O) groups excluding carboxylic acids is 2. The number of rotatable bonds is 20. The molecule has 0 N–H and O–H groups in total. The van der Waals surface area contributed by atoms with Crippen LogP contribution in [0.5, 0.6) is 0 Å². The second kappa shape index (κ2) is 17.2. The Kier molecular flexibility index (Phi) is 13.6. The molecule has 4 nitrogen and oxygen atoms in total. The molecule has 2 heterocycles. The van der Waals surface area contributed by atoms with E-state index in [1.807, 2.05) is 47.0 Å². The Hall–Kier alpha value is -2.36. The number of fused-ring (bicyclic) bond motifs is 1. The van der Waals surface area contributed by atoms with Crippen LogP contribution in [-0.4, -0.2) is 22.9 Å². The third-order valence-electron chi connectivity index (χ3n) is 7.81. The van der Waals surface area contributed by atoms with Crippen LogP contribution in [0.4, 0.5) is 0 Å². The molecule has 0 spiro atoms. The number of hydrogen-bond acceptors (Lipinski definition) is 3. The topological polar surface area (TPSA) is 48.3 Å². The predicted octanol–water partition coefficient (Wildman–Crippen LogP) is 9.01. The van der Waals surface area contributed by atoms with Crippen molar-refractivity contribution >= 4 is 11.8 Å². The zero-order valence-electron chi connectivity index (χ0n) is 23.2. The van der Waals surface area contributed by atoms with Gasteiger partial charge in [-0.05, 0) is 25.0 Å². The number of benzene rings is 1. The van der Waals surface area contributed by atoms with Crippen molar-refractivity contribution in [2.45, 2.75) is 129 Å². The zero-order valence-corrected chi connectivity index (χ0v) is 23.2. The highest BCUT2D eigenvalue weighted by atomic mass is 16.5. The summed E-state index contributed by atoms with van der Waals surface area (Å²) in [5, 5.41) is 0. The molecule has 204 valence electrons. The highest BCUT2D eigenvalue weighted by Crippen LogP contribution is 2.32. The van der Waals surface area contributed by atoms with Gasteiger partial charge in [0.1, 0.15) is 0 Å². The summed E-state index contributed by atoms with van der Waals surface area (Å²) < 4.78 is 7.62. The Morgan fingerprint density at radius 1 is 0.730 bits per heavy atom. The first-order chi connectivity index (χ1) is 18.2. The first-order valence-corrected chi connectivity index (χ1v) is 15.2. The van der Waals surface area contributed by atoms with Gasteiger partial charge in [0.05, 0.1) is 18.2 Å². The van der Waals surface area contributed by atoms with Crippen molar-refractivity contribution in [3.63, 3.8) is 0 Å². The molecular weight excluding hydrogens is 458 g/mol. The van der Waals surface area contributed by atoms with E-state index in [1.54, 1.807) is 0 Å². The molecule has 1 aliphatic heterocycles. The summed E-state index contributed by atoms with van der Waals surface area (Å²) in [5.41, 5.74) is 2.25. The molecule has 4 heteroatoms. The Labute approximate surface area is 225 Å². The van der Waals surface area contributed by atoms with Crippen LogP contribution in [-0.2, 0) is 16.1 Å². The third-order valence-corrected chi connectivity index (χ3v) is 7.81. The van der Waals surface area contributed by atoms with Gasteiger partial charge in [-0.1, -0.05) is 134 Å². The van der Waals surface area contributed by atoms with Crippen molar-refractivity contribution in [2.24, 2.45) is 0 Å². The molecule has 37 heavy (non-hydrogen) atoms. The highest BCUT2D eigenvalue weighted by Gasteiger charge is 2.32. The maximum absolute atomic E-state index is 12.9. The largest absolute Gasteiger partial charge is 0.465 e. The van der Waals surface area contributed by atoms with E-state index >= 15 is 0 Å². The standard InChI is InChI=1S/C33H49NO3/c1-2-3-4-5-6-7-8-9-10-11-12-13-14-15-16-20-27-37-33(36)29-25-26-34-30(29)23-24-31(34)32(35)28-21-18-17-19-22-28/h17-19,21-24,29H,2-16,20,25-27H2,1H3/t29-/m1/s1. The van der Waals surface area contributed by atoms with Gasteiger partial charge >= 0.3 is 5.97 Å². The number of carbonyl (C=O) groups is 2. The number of ketones is 1. The minimum Gasteiger partial charge on any atom is -0.465 e. The Morgan fingerprint density at radius 2 is 1.27 bits per heavy atom. The minimum absolute atomic E-state index is 0.00836. The molecule has 1 atom stereocenters. The lowest BCUT2D eigenvalue weighted by molar-refractivity contribution is -0.145. The van der Waals surface area contributed by atoms with Gasteiger partial charge in [0.15, 0.2) is 0 Å². The molecule has 0 amide bonds. The van der Waals surface area contributed by atoms with Gasteiger partial charge in [0.2, 0.25) is 5.78 Å². The molecule has 0 fully saturated rings. The smallest absolute Gasteiger partial charge is 0.315 e. The number of unbranched alkanes of at least 4 members (excludes halogenated alkanes) is 15. The Bertz CT molecular complexity index is 917. The van der Waals surface area contributed by atoms with E-state index in [0.29, 0.717) is 30.8 Å². The maximum atomic E-state index is 12.9. The molecule has 1 aliphatic rings. The Balaban J connectivity index is 1.19. The molecule has 0 saturated heterocycles. The van der Waals surface area contributed by atoms with Crippen LogP contribution in [0.15, 0.2) is 42.5 Å². The van der Waals surface area contributed by atoms with E-state index in [9.17, 15) is 9.59 Å².